The second-order valence-electron chi connectivity index (χ2n) is 5.01. The third kappa shape index (κ3) is 5.19. The molecule has 0 heterocycles. The minimum atomic E-state index is -0.654. The second-order valence-corrected chi connectivity index (χ2v) is 5.01. The highest BCUT2D eigenvalue weighted by molar-refractivity contribution is 5.66. The fourth-order valence-electron chi connectivity index (χ4n) is 2.38. The van der Waals surface area contributed by atoms with Gasteiger partial charge in [0.2, 0.25) is 0 Å². The van der Waals surface area contributed by atoms with Crippen LogP contribution in [0.25, 0.3) is 0 Å². The van der Waals surface area contributed by atoms with Gasteiger partial charge in [-0.05, 0) is 24.7 Å². The van der Waals surface area contributed by atoms with Crippen LogP contribution in [0.2, 0.25) is 0 Å². The average molecular weight is 212 g/mol. The lowest BCUT2D eigenvalue weighted by molar-refractivity contribution is -0.137. The molecule has 0 unspecified atom stereocenters. The second kappa shape index (κ2) is 6.86. The number of hydrogen-bond donors (Lipinski definition) is 1. The molecule has 0 radical (unpaired) electrons. The first-order valence-corrected chi connectivity index (χ1v) is 6.42. The van der Waals surface area contributed by atoms with E-state index in [9.17, 15) is 4.79 Å². The normalized spacial score (nSPS) is 24.9. The van der Waals surface area contributed by atoms with Gasteiger partial charge in [0.15, 0.2) is 0 Å². The van der Waals surface area contributed by atoms with E-state index in [0.717, 1.165) is 24.7 Å². The number of rotatable bonds is 8. The molecule has 0 aromatic heterocycles. The van der Waals surface area contributed by atoms with E-state index in [-0.39, 0.29) is 0 Å². The van der Waals surface area contributed by atoms with Gasteiger partial charge >= 0.3 is 5.97 Å². The van der Waals surface area contributed by atoms with Crippen molar-refractivity contribution < 1.29 is 9.90 Å². The summed E-state index contributed by atoms with van der Waals surface area (Å²) in [6.07, 6.45) is 10.4. The molecule has 0 aromatic carbocycles. The molecule has 0 spiro atoms. The zero-order valence-electron chi connectivity index (χ0n) is 9.87. The monoisotopic (exact) mass is 212 g/mol. The molecule has 2 atom stereocenters. The zero-order chi connectivity index (χ0) is 11.1. The molecule has 1 saturated carbocycles. The van der Waals surface area contributed by atoms with Crippen molar-refractivity contribution in [1.29, 1.82) is 0 Å². The van der Waals surface area contributed by atoms with Gasteiger partial charge in [-0.25, -0.2) is 0 Å². The predicted octanol–water partition coefficient (Wildman–Crippen LogP) is 3.85. The van der Waals surface area contributed by atoms with E-state index in [4.69, 9.17) is 5.11 Å². The highest BCUT2D eigenvalue weighted by Crippen LogP contribution is 2.37. The minimum absolute atomic E-state index is 0.347. The number of hydrogen-bond acceptors (Lipinski definition) is 1. The van der Waals surface area contributed by atoms with Crippen molar-refractivity contribution >= 4 is 5.97 Å². The Kier molecular flexibility index (Phi) is 5.74. The summed E-state index contributed by atoms with van der Waals surface area (Å²) in [6, 6.07) is 0. The molecule has 0 amide bonds. The van der Waals surface area contributed by atoms with Crippen molar-refractivity contribution in [2.24, 2.45) is 11.8 Å². The molecule has 1 N–H and O–H groups in total. The fraction of sp³-hybridized carbons (Fsp3) is 0.923. The number of carbonyl (C=O) groups is 1. The Hall–Kier alpha value is -0.530. The van der Waals surface area contributed by atoms with Crippen molar-refractivity contribution in [3.63, 3.8) is 0 Å². The zero-order valence-corrected chi connectivity index (χ0v) is 9.87. The van der Waals surface area contributed by atoms with Crippen molar-refractivity contribution in [1.82, 2.24) is 0 Å². The number of aliphatic carboxylic acids is 1. The molecular weight excluding hydrogens is 188 g/mol. The topological polar surface area (TPSA) is 37.3 Å². The Morgan fingerprint density at radius 2 is 1.80 bits per heavy atom. The van der Waals surface area contributed by atoms with E-state index in [1.54, 1.807) is 0 Å². The first kappa shape index (κ1) is 12.5. The molecule has 2 nitrogen and oxygen atoms in total. The van der Waals surface area contributed by atoms with Gasteiger partial charge in [-0.1, -0.05) is 45.4 Å². The van der Waals surface area contributed by atoms with E-state index < -0.39 is 5.97 Å². The Morgan fingerprint density at radius 3 is 2.33 bits per heavy atom. The summed E-state index contributed by atoms with van der Waals surface area (Å²) in [5.74, 6) is 1.32. The van der Waals surface area contributed by atoms with Gasteiger partial charge in [0.1, 0.15) is 0 Å². The van der Waals surface area contributed by atoms with E-state index in [2.05, 4.69) is 6.92 Å². The van der Waals surface area contributed by atoms with E-state index in [1.807, 2.05) is 0 Å². The third-order valence-electron chi connectivity index (χ3n) is 3.76. The third-order valence-corrected chi connectivity index (χ3v) is 3.76. The highest BCUT2D eigenvalue weighted by Gasteiger charge is 2.25. The van der Waals surface area contributed by atoms with Gasteiger partial charge in [0.25, 0.3) is 0 Å². The van der Waals surface area contributed by atoms with Crippen LogP contribution < -0.4 is 0 Å². The van der Waals surface area contributed by atoms with Gasteiger partial charge < -0.3 is 5.11 Å². The van der Waals surface area contributed by atoms with Gasteiger partial charge in [0.05, 0.1) is 0 Å². The molecular formula is C13H24O2. The standard InChI is InChI=1S/C13H24O2/c1-11-9-10-12(11)7-5-3-2-4-6-8-13(14)15/h11-12H,2-10H2,1H3,(H,14,15)/t11-,12-/m1/s1. The lowest BCUT2D eigenvalue weighted by Crippen LogP contribution is -2.22. The molecule has 1 fully saturated rings. The minimum Gasteiger partial charge on any atom is -0.481 e. The largest absolute Gasteiger partial charge is 0.481 e. The SMILES string of the molecule is C[C@@H]1CC[C@H]1CCCCCCCC(=O)O. The maximum atomic E-state index is 10.3. The first-order chi connectivity index (χ1) is 7.20. The lowest BCUT2D eigenvalue weighted by Gasteiger charge is -2.33. The van der Waals surface area contributed by atoms with Crippen LogP contribution in [0.5, 0.6) is 0 Å². The Labute approximate surface area is 93.1 Å². The lowest BCUT2D eigenvalue weighted by atomic mass is 9.72. The van der Waals surface area contributed by atoms with Crippen molar-refractivity contribution in [2.75, 3.05) is 0 Å². The van der Waals surface area contributed by atoms with Crippen LogP contribution in [0.3, 0.4) is 0 Å². The molecule has 0 bridgehead atoms. The number of carboxylic acids is 1. The molecule has 0 saturated heterocycles. The molecule has 0 aromatic rings. The summed E-state index contributed by atoms with van der Waals surface area (Å²) in [5.41, 5.74) is 0. The van der Waals surface area contributed by atoms with Crippen LogP contribution in [-0.4, -0.2) is 11.1 Å². The quantitative estimate of drug-likeness (QED) is 0.620. The van der Waals surface area contributed by atoms with Crippen LogP contribution in [-0.2, 0) is 4.79 Å². The predicted molar refractivity (Wildman–Crippen MR) is 61.8 cm³/mol. The Balaban J connectivity index is 1.79. The molecule has 1 rings (SSSR count). The van der Waals surface area contributed by atoms with E-state index in [1.165, 1.54) is 38.5 Å². The summed E-state index contributed by atoms with van der Waals surface area (Å²) in [5, 5.41) is 8.46. The molecule has 0 aliphatic heterocycles. The van der Waals surface area contributed by atoms with Crippen LogP contribution in [0.4, 0.5) is 0 Å². The summed E-state index contributed by atoms with van der Waals surface area (Å²) < 4.78 is 0. The maximum absolute atomic E-state index is 10.3. The summed E-state index contributed by atoms with van der Waals surface area (Å²) in [4.78, 5) is 10.3. The highest BCUT2D eigenvalue weighted by atomic mass is 16.4. The van der Waals surface area contributed by atoms with Crippen LogP contribution >= 0.6 is 0 Å². The van der Waals surface area contributed by atoms with Gasteiger partial charge in [-0.3, -0.25) is 4.79 Å². The summed E-state index contributed by atoms with van der Waals surface area (Å²) in [6.45, 7) is 2.36. The van der Waals surface area contributed by atoms with Crippen LogP contribution in [0.15, 0.2) is 0 Å². The van der Waals surface area contributed by atoms with Gasteiger partial charge in [-0.2, -0.15) is 0 Å². The maximum Gasteiger partial charge on any atom is 0.303 e. The van der Waals surface area contributed by atoms with E-state index in [0.29, 0.717) is 6.42 Å². The summed E-state index contributed by atoms with van der Waals surface area (Å²) >= 11 is 0. The van der Waals surface area contributed by atoms with Gasteiger partial charge in [-0.15, -0.1) is 0 Å². The fourth-order valence-corrected chi connectivity index (χ4v) is 2.38. The Bertz CT molecular complexity index is 189. The van der Waals surface area contributed by atoms with E-state index >= 15 is 0 Å². The van der Waals surface area contributed by atoms with Crippen molar-refractivity contribution in [3.8, 4) is 0 Å². The van der Waals surface area contributed by atoms with Gasteiger partial charge in [0, 0.05) is 6.42 Å². The molecule has 88 valence electrons. The van der Waals surface area contributed by atoms with Crippen LogP contribution in [0.1, 0.15) is 64.7 Å². The molecule has 15 heavy (non-hydrogen) atoms. The molecule has 1 aliphatic carbocycles. The van der Waals surface area contributed by atoms with Crippen molar-refractivity contribution in [2.45, 2.75) is 64.7 Å². The Morgan fingerprint density at radius 1 is 1.13 bits per heavy atom. The first-order valence-electron chi connectivity index (χ1n) is 6.42. The van der Waals surface area contributed by atoms with Crippen molar-refractivity contribution in [3.05, 3.63) is 0 Å². The number of carboxylic acid groups (broad SMARTS) is 1. The molecule has 2 heteroatoms. The van der Waals surface area contributed by atoms with Crippen LogP contribution in [0, 0.1) is 11.8 Å². The average Bonchev–Trinajstić information content (AvgIpc) is 2.19. The number of unbranched alkanes of at least 4 members (excludes halogenated alkanes) is 4. The molecule has 1 aliphatic rings. The smallest absolute Gasteiger partial charge is 0.303 e. The summed E-state index contributed by atoms with van der Waals surface area (Å²) in [7, 11) is 0.